The summed E-state index contributed by atoms with van der Waals surface area (Å²) in [6.45, 7) is 6.27. The van der Waals surface area contributed by atoms with Crippen LogP contribution in [-0.2, 0) is 0 Å². The van der Waals surface area contributed by atoms with Crippen molar-refractivity contribution in [1.82, 2.24) is 15.2 Å². The predicted molar refractivity (Wildman–Crippen MR) is 107 cm³/mol. The van der Waals surface area contributed by atoms with Gasteiger partial charge in [0.2, 0.25) is 0 Å². The number of aliphatic imine (C=N–C) groups is 1. The fourth-order valence-electron chi connectivity index (χ4n) is 3.27. The molecule has 0 amide bonds. The molecule has 1 aliphatic heterocycles. The minimum absolute atomic E-state index is 0. The summed E-state index contributed by atoms with van der Waals surface area (Å²) in [5.74, 6) is 3.01. The first kappa shape index (κ1) is 18.3. The number of nitrogens with zero attached hydrogens (tertiary/aromatic N) is 4. The van der Waals surface area contributed by atoms with Gasteiger partial charge in [0.15, 0.2) is 5.96 Å². The number of rotatable bonds is 4. The minimum atomic E-state index is 0. The third-order valence-electron chi connectivity index (χ3n) is 4.66. The summed E-state index contributed by atoms with van der Waals surface area (Å²) >= 11 is 0. The molecule has 1 aromatic heterocycles. The molecule has 2 unspecified atom stereocenters. The van der Waals surface area contributed by atoms with Crippen LogP contribution in [0.5, 0.6) is 0 Å². The van der Waals surface area contributed by atoms with Crippen LogP contribution in [0.25, 0.3) is 0 Å². The molecule has 0 bridgehead atoms. The van der Waals surface area contributed by atoms with Crippen molar-refractivity contribution in [3.05, 3.63) is 24.4 Å². The lowest BCUT2D eigenvalue weighted by Crippen LogP contribution is -2.53. The third kappa shape index (κ3) is 4.71. The van der Waals surface area contributed by atoms with Gasteiger partial charge in [0.05, 0.1) is 0 Å². The summed E-state index contributed by atoms with van der Waals surface area (Å²) in [4.78, 5) is 13.6. The summed E-state index contributed by atoms with van der Waals surface area (Å²) < 4.78 is 0. The molecule has 0 radical (unpaired) electrons. The van der Waals surface area contributed by atoms with Gasteiger partial charge in [-0.1, -0.05) is 19.4 Å². The van der Waals surface area contributed by atoms with E-state index in [0.29, 0.717) is 6.04 Å². The van der Waals surface area contributed by atoms with Crippen LogP contribution in [0, 0.1) is 5.92 Å². The lowest BCUT2D eigenvalue weighted by atomic mass is 10.2. The highest BCUT2D eigenvalue weighted by molar-refractivity contribution is 14.0. The van der Waals surface area contributed by atoms with E-state index in [1.807, 2.05) is 19.3 Å². The Morgan fingerprint density at radius 3 is 2.70 bits per heavy atom. The average molecular weight is 429 g/mol. The normalized spacial score (nSPS) is 24.2. The second-order valence-electron chi connectivity index (χ2n) is 6.24. The number of guanidine groups is 1. The lowest BCUT2D eigenvalue weighted by molar-refractivity contribution is 0.370. The SMILES string of the molecule is CCCC1CC1NC(=NC)N1CCN(c2ccccn2)CC1.I. The van der Waals surface area contributed by atoms with Crippen molar-refractivity contribution < 1.29 is 0 Å². The van der Waals surface area contributed by atoms with Gasteiger partial charge in [-0.3, -0.25) is 4.99 Å². The van der Waals surface area contributed by atoms with E-state index in [9.17, 15) is 0 Å². The van der Waals surface area contributed by atoms with Gasteiger partial charge in [0.25, 0.3) is 0 Å². The summed E-state index contributed by atoms with van der Waals surface area (Å²) in [5.41, 5.74) is 0. The van der Waals surface area contributed by atoms with E-state index in [4.69, 9.17) is 0 Å². The Hall–Kier alpha value is -1.05. The molecule has 3 rings (SSSR count). The number of nitrogens with one attached hydrogen (secondary N) is 1. The zero-order chi connectivity index (χ0) is 15.4. The van der Waals surface area contributed by atoms with E-state index < -0.39 is 0 Å². The molecule has 5 nitrogen and oxygen atoms in total. The van der Waals surface area contributed by atoms with Crippen LogP contribution in [0.4, 0.5) is 5.82 Å². The minimum Gasteiger partial charge on any atom is -0.353 e. The first-order valence-electron chi connectivity index (χ1n) is 8.46. The summed E-state index contributed by atoms with van der Waals surface area (Å²) in [5, 5.41) is 3.64. The first-order valence-corrected chi connectivity index (χ1v) is 8.46. The molecule has 6 heteroatoms. The van der Waals surface area contributed by atoms with Gasteiger partial charge in [-0.2, -0.15) is 0 Å². The third-order valence-corrected chi connectivity index (χ3v) is 4.66. The van der Waals surface area contributed by atoms with Crippen molar-refractivity contribution in [2.75, 3.05) is 38.1 Å². The standard InChI is InChI=1S/C17H27N5.HI/c1-3-6-14-13-15(14)20-17(18-2)22-11-9-21(10-12-22)16-7-4-5-8-19-16;/h4-5,7-8,14-15H,3,6,9-13H2,1-2H3,(H,18,20);1H. The van der Waals surface area contributed by atoms with E-state index in [0.717, 1.165) is 43.9 Å². The van der Waals surface area contributed by atoms with Crippen LogP contribution >= 0.6 is 24.0 Å². The maximum atomic E-state index is 4.48. The maximum absolute atomic E-state index is 4.48. The largest absolute Gasteiger partial charge is 0.353 e. The molecule has 128 valence electrons. The van der Waals surface area contributed by atoms with E-state index in [-0.39, 0.29) is 24.0 Å². The zero-order valence-corrected chi connectivity index (χ0v) is 16.4. The number of halogens is 1. The van der Waals surface area contributed by atoms with Crippen molar-refractivity contribution >= 4 is 35.8 Å². The van der Waals surface area contributed by atoms with Gasteiger partial charge in [0, 0.05) is 45.5 Å². The Labute approximate surface area is 156 Å². The van der Waals surface area contributed by atoms with Crippen molar-refractivity contribution in [3.8, 4) is 0 Å². The molecular formula is C17H28IN5. The highest BCUT2D eigenvalue weighted by Gasteiger charge is 2.37. The molecule has 1 saturated heterocycles. The molecule has 2 fully saturated rings. The lowest BCUT2D eigenvalue weighted by Gasteiger charge is -2.37. The molecule has 23 heavy (non-hydrogen) atoms. The molecule has 1 aliphatic carbocycles. The van der Waals surface area contributed by atoms with Crippen molar-refractivity contribution in [2.45, 2.75) is 32.2 Å². The van der Waals surface area contributed by atoms with Gasteiger partial charge < -0.3 is 15.1 Å². The van der Waals surface area contributed by atoms with Gasteiger partial charge in [-0.05, 0) is 30.9 Å². The first-order chi connectivity index (χ1) is 10.8. The van der Waals surface area contributed by atoms with Crippen LogP contribution in [0.1, 0.15) is 26.2 Å². The van der Waals surface area contributed by atoms with Crippen LogP contribution in [0.15, 0.2) is 29.4 Å². The van der Waals surface area contributed by atoms with Gasteiger partial charge >= 0.3 is 0 Å². The smallest absolute Gasteiger partial charge is 0.193 e. The van der Waals surface area contributed by atoms with Crippen LogP contribution < -0.4 is 10.2 Å². The number of hydrogen-bond acceptors (Lipinski definition) is 3. The number of piperazine rings is 1. The fraction of sp³-hybridized carbons (Fsp3) is 0.647. The Morgan fingerprint density at radius 1 is 1.30 bits per heavy atom. The topological polar surface area (TPSA) is 43.8 Å². The van der Waals surface area contributed by atoms with Gasteiger partial charge in [-0.25, -0.2) is 4.98 Å². The maximum Gasteiger partial charge on any atom is 0.193 e. The van der Waals surface area contributed by atoms with Crippen molar-refractivity contribution in [1.29, 1.82) is 0 Å². The van der Waals surface area contributed by atoms with Gasteiger partial charge in [-0.15, -0.1) is 24.0 Å². The fourth-order valence-corrected chi connectivity index (χ4v) is 3.27. The van der Waals surface area contributed by atoms with Crippen molar-refractivity contribution in [2.24, 2.45) is 10.9 Å². The molecular weight excluding hydrogens is 401 g/mol. The predicted octanol–water partition coefficient (Wildman–Crippen LogP) is 2.59. The average Bonchev–Trinajstić information content (AvgIpc) is 3.32. The molecule has 2 heterocycles. The van der Waals surface area contributed by atoms with E-state index >= 15 is 0 Å². The monoisotopic (exact) mass is 429 g/mol. The Balaban J connectivity index is 0.00000192. The molecule has 0 aromatic carbocycles. The van der Waals surface area contributed by atoms with Crippen LogP contribution in [0.2, 0.25) is 0 Å². The highest BCUT2D eigenvalue weighted by atomic mass is 127. The highest BCUT2D eigenvalue weighted by Crippen LogP contribution is 2.34. The van der Waals surface area contributed by atoms with Crippen LogP contribution in [0.3, 0.4) is 0 Å². The second kappa shape index (κ2) is 8.70. The molecule has 0 spiro atoms. The number of hydrogen-bond donors (Lipinski definition) is 1. The Kier molecular flexibility index (Phi) is 6.92. The number of anilines is 1. The zero-order valence-electron chi connectivity index (χ0n) is 14.1. The Bertz CT molecular complexity index is 499. The number of pyridine rings is 1. The van der Waals surface area contributed by atoms with Crippen molar-refractivity contribution in [3.63, 3.8) is 0 Å². The van der Waals surface area contributed by atoms with E-state index in [2.05, 4.69) is 44.1 Å². The van der Waals surface area contributed by atoms with E-state index in [1.54, 1.807) is 0 Å². The molecule has 2 atom stereocenters. The van der Waals surface area contributed by atoms with E-state index in [1.165, 1.54) is 19.3 Å². The molecule has 1 aromatic rings. The van der Waals surface area contributed by atoms with Gasteiger partial charge in [0.1, 0.15) is 5.82 Å². The summed E-state index contributed by atoms with van der Waals surface area (Å²) in [7, 11) is 1.89. The Morgan fingerprint density at radius 2 is 2.09 bits per heavy atom. The second-order valence-corrected chi connectivity index (χ2v) is 6.24. The quantitative estimate of drug-likeness (QED) is 0.454. The number of aromatic nitrogens is 1. The summed E-state index contributed by atoms with van der Waals surface area (Å²) in [6.07, 6.45) is 5.79. The molecule has 1 N–H and O–H groups in total. The van der Waals surface area contributed by atoms with Crippen LogP contribution in [-0.4, -0.2) is 55.1 Å². The molecule has 2 aliphatic rings. The summed E-state index contributed by atoms with van der Waals surface area (Å²) in [6, 6.07) is 6.75. The molecule has 1 saturated carbocycles.